The molecule has 1 aliphatic rings. The summed E-state index contributed by atoms with van der Waals surface area (Å²) in [4.78, 5) is 11.9. The van der Waals surface area contributed by atoms with Crippen LogP contribution in [0.2, 0.25) is 0 Å². The molecule has 1 aromatic heterocycles. The highest BCUT2D eigenvalue weighted by atomic mass is 19.1. The number of aryl methyl sites for hydroxylation is 2. The van der Waals surface area contributed by atoms with Crippen molar-refractivity contribution in [2.45, 2.75) is 32.4 Å². The first-order valence-electron chi connectivity index (χ1n) is 7.76. The van der Waals surface area contributed by atoms with E-state index in [1.165, 1.54) is 0 Å². The van der Waals surface area contributed by atoms with E-state index >= 15 is 0 Å². The molecule has 6 nitrogen and oxygen atoms in total. The molecular formula is C17H19FN2O4. The third kappa shape index (κ3) is 3.12. The van der Waals surface area contributed by atoms with Gasteiger partial charge in [0.05, 0.1) is 17.9 Å². The second-order valence-electron chi connectivity index (χ2n) is 5.90. The molecule has 2 aromatic rings. The zero-order valence-electron chi connectivity index (χ0n) is 13.6. The Morgan fingerprint density at radius 2 is 2.21 bits per heavy atom. The van der Waals surface area contributed by atoms with Crippen molar-refractivity contribution in [1.29, 1.82) is 0 Å². The summed E-state index contributed by atoms with van der Waals surface area (Å²) < 4.78 is 24.6. The molecule has 0 unspecified atom stereocenters. The van der Waals surface area contributed by atoms with Crippen LogP contribution in [0, 0.1) is 13.8 Å². The summed E-state index contributed by atoms with van der Waals surface area (Å²) in [7, 11) is 0. The van der Waals surface area contributed by atoms with E-state index in [1.54, 1.807) is 32.0 Å². The molecule has 0 atom stereocenters. The molecule has 0 saturated heterocycles. The molecule has 7 heteroatoms. The number of aliphatic hydroxyl groups excluding tert-OH is 1. The normalized spacial score (nSPS) is 15.2. The second-order valence-corrected chi connectivity index (χ2v) is 5.90. The predicted octanol–water partition coefficient (Wildman–Crippen LogP) is 2.77. The van der Waals surface area contributed by atoms with Crippen LogP contribution in [-0.4, -0.2) is 35.1 Å². The maximum Gasteiger partial charge on any atom is 0.262 e. The Bertz CT molecular complexity index is 748. The fourth-order valence-electron chi connectivity index (χ4n) is 2.53. The van der Waals surface area contributed by atoms with E-state index < -0.39 is 11.6 Å². The number of nitrogens with zero attached hydrogens (tertiary/aromatic N) is 1. The molecule has 2 N–H and O–H groups in total. The molecule has 1 aromatic carbocycles. The van der Waals surface area contributed by atoms with Crippen molar-refractivity contribution in [3.05, 3.63) is 29.7 Å². The van der Waals surface area contributed by atoms with Gasteiger partial charge in [-0.3, -0.25) is 4.79 Å². The zero-order valence-corrected chi connectivity index (χ0v) is 13.6. The van der Waals surface area contributed by atoms with Crippen molar-refractivity contribution < 1.29 is 23.6 Å². The number of ether oxygens (including phenoxy) is 1. The van der Waals surface area contributed by atoms with Crippen molar-refractivity contribution in [3.8, 4) is 16.9 Å². The van der Waals surface area contributed by atoms with Crippen molar-refractivity contribution >= 4 is 11.6 Å². The van der Waals surface area contributed by atoms with E-state index in [2.05, 4.69) is 10.5 Å². The van der Waals surface area contributed by atoms with Crippen LogP contribution in [0.3, 0.4) is 0 Å². The van der Waals surface area contributed by atoms with Gasteiger partial charge in [-0.1, -0.05) is 5.16 Å². The summed E-state index contributed by atoms with van der Waals surface area (Å²) in [6, 6.07) is 5.01. The molecule has 1 aliphatic carbocycles. The number of carbonyl (C=O) groups is 1. The van der Waals surface area contributed by atoms with Gasteiger partial charge in [-0.05, 0) is 44.9 Å². The van der Waals surface area contributed by atoms with Gasteiger partial charge in [0.1, 0.15) is 18.1 Å². The number of carbonyl (C=O) groups excluding carboxylic acids is 1. The van der Waals surface area contributed by atoms with Gasteiger partial charge < -0.3 is 19.7 Å². The summed E-state index contributed by atoms with van der Waals surface area (Å²) in [5.74, 6) is 0.503. The van der Waals surface area contributed by atoms with Crippen molar-refractivity contribution in [2.75, 3.05) is 18.5 Å². The first-order chi connectivity index (χ1) is 11.4. The van der Waals surface area contributed by atoms with Gasteiger partial charge in [0, 0.05) is 11.3 Å². The predicted molar refractivity (Wildman–Crippen MR) is 85.7 cm³/mol. The minimum Gasteiger partial charge on any atom is -0.491 e. The van der Waals surface area contributed by atoms with Crippen molar-refractivity contribution in [1.82, 2.24) is 5.16 Å². The van der Waals surface area contributed by atoms with Crippen LogP contribution in [-0.2, 0) is 4.79 Å². The maximum absolute atomic E-state index is 13.8. The lowest BCUT2D eigenvalue weighted by Gasteiger charge is -2.14. The lowest BCUT2D eigenvalue weighted by molar-refractivity contribution is -0.122. The largest absolute Gasteiger partial charge is 0.491 e. The van der Waals surface area contributed by atoms with Crippen LogP contribution in [0.1, 0.15) is 24.3 Å². The van der Waals surface area contributed by atoms with Crippen LogP contribution in [0.5, 0.6) is 5.75 Å². The Balaban J connectivity index is 1.96. The number of benzene rings is 1. The molecule has 24 heavy (non-hydrogen) atoms. The minimum absolute atomic E-state index is 0.121. The summed E-state index contributed by atoms with van der Waals surface area (Å²) in [5, 5.41) is 15.5. The first kappa shape index (κ1) is 16.4. The lowest BCUT2D eigenvalue weighted by atomic mass is 10.0. The highest BCUT2D eigenvalue weighted by Crippen LogP contribution is 2.41. The SMILES string of the molecule is Cc1noc(C)c1-c1cc(NC(=O)C2(F)CC2)ccc1OCCO. The Labute approximate surface area is 138 Å². The van der Waals surface area contributed by atoms with Gasteiger partial charge in [0.25, 0.3) is 5.91 Å². The van der Waals surface area contributed by atoms with E-state index in [1.807, 2.05) is 0 Å². The van der Waals surface area contributed by atoms with Crippen molar-refractivity contribution in [2.24, 2.45) is 0 Å². The van der Waals surface area contributed by atoms with Crippen LogP contribution < -0.4 is 10.1 Å². The number of aliphatic hydroxyl groups is 1. The standard InChI is InChI=1S/C17H19FN2O4/c1-10-15(11(2)24-20-10)13-9-12(3-4-14(13)23-8-7-21)19-16(22)17(18)5-6-17/h3-4,9,21H,5-8H2,1-2H3,(H,19,22). The average Bonchev–Trinajstić information content (AvgIpc) is 3.23. The molecule has 1 fully saturated rings. The van der Waals surface area contributed by atoms with Crippen LogP contribution in [0.4, 0.5) is 10.1 Å². The summed E-state index contributed by atoms with van der Waals surface area (Å²) in [5.41, 5.74) is 0.820. The monoisotopic (exact) mass is 334 g/mol. The average molecular weight is 334 g/mol. The van der Waals surface area contributed by atoms with E-state index in [9.17, 15) is 9.18 Å². The summed E-state index contributed by atoms with van der Waals surface area (Å²) in [6.07, 6.45) is 0.514. The fraction of sp³-hybridized carbons (Fsp3) is 0.412. The smallest absolute Gasteiger partial charge is 0.262 e. The number of rotatable bonds is 6. The third-order valence-corrected chi connectivity index (χ3v) is 3.98. The molecule has 128 valence electrons. The van der Waals surface area contributed by atoms with E-state index in [4.69, 9.17) is 14.4 Å². The minimum atomic E-state index is -1.74. The molecule has 3 rings (SSSR count). The van der Waals surface area contributed by atoms with E-state index in [0.29, 0.717) is 28.5 Å². The number of aromatic nitrogens is 1. The fourth-order valence-corrected chi connectivity index (χ4v) is 2.53. The Hall–Kier alpha value is -2.41. The van der Waals surface area contributed by atoms with Gasteiger partial charge in [0.2, 0.25) is 0 Å². The molecular weight excluding hydrogens is 315 g/mol. The van der Waals surface area contributed by atoms with Crippen LogP contribution >= 0.6 is 0 Å². The van der Waals surface area contributed by atoms with Gasteiger partial charge in [-0.25, -0.2) is 4.39 Å². The summed E-state index contributed by atoms with van der Waals surface area (Å²) in [6.45, 7) is 3.59. The second kappa shape index (κ2) is 6.24. The number of hydrogen-bond acceptors (Lipinski definition) is 5. The summed E-state index contributed by atoms with van der Waals surface area (Å²) >= 11 is 0. The number of amides is 1. The molecule has 1 saturated carbocycles. The van der Waals surface area contributed by atoms with Crippen LogP contribution in [0.15, 0.2) is 22.7 Å². The Kier molecular flexibility index (Phi) is 4.28. The van der Waals surface area contributed by atoms with Gasteiger partial charge >= 0.3 is 0 Å². The number of alkyl halides is 1. The van der Waals surface area contributed by atoms with E-state index in [-0.39, 0.29) is 26.1 Å². The highest BCUT2D eigenvalue weighted by Gasteiger charge is 2.50. The zero-order chi connectivity index (χ0) is 17.3. The van der Waals surface area contributed by atoms with Crippen LogP contribution in [0.25, 0.3) is 11.1 Å². The van der Waals surface area contributed by atoms with Gasteiger partial charge in [-0.15, -0.1) is 0 Å². The molecule has 0 aliphatic heterocycles. The molecule has 0 spiro atoms. The molecule has 0 bridgehead atoms. The highest BCUT2D eigenvalue weighted by molar-refractivity contribution is 5.99. The topological polar surface area (TPSA) is 84.6 Å². The molecule has 1 heterocycles. The number of halogens is 1. The quantitative estimate of drug-likeness (QED) is 0.848. The van der Waals surface area contributed by atoms with E-state index in [0.717, 1.165) is 5.56 Å². The number of nitrogens with one attached hydrogen (secondary N) is 1. The molecule has 1 amide bonds. The Morgan fingerprint density at radius 3 is 2.79 bits per heavy atom. The van der Waals surface area contributed by atoms with Gasteiger partial charge in [-0.2, -0.15) is 0 Å². The number of hydrogen-bond donors (Lipinski definition) is 2. The lowest BCUT2D eigenvalue weighted by Crippen LogP contribution is -2.25. The maximum atomic E-state index is 13.8. The Morgan fingerprint density at radius 1 is 1.46 bits per heavy atom. The van der Waals surface area contributed by atoms with Gasteiger partial charge in [0.15, 0.2) is 5.67 Å². The van der Waals surface area contributed by atoms with Crippen molar-refractivity contribution in [3.63, 3.8) is 0 Å². The number of anilines is 1. The third-order valence-electron chi connectivity index (χ3n) is 3.98. The first-order valence-corrected chi connectivity index (χ1v) is 7.76. The molecule has 0 radical (unpaired) electrons.